The third-order valence-electron chi connectivity index (χ3n) is 3.10. The van der Waals surface area contributed by atoms with Gasteiger partial charge in [0.15, 0.2) is 5.72 Å². The Morgan fingerprint density at radius 3 is 2.68 bits per heavy atom. The number of nitrogens with zero attached hydrogens (tertiary/aromatic N) is 3. The standard InChI is InChI=1S/C14H15N3O2/c1-10-3-5-12(6-4-10)14(19)9-11(2)16-17(14)13(18)7-8-15/h3-6,19H,7,9H2,1-2H3/t14-/m0/s1. The molecule has 0 aromatic heterocycles. The van der Waals surface area contributed by atoms with E-state index < -0.39 is 11.6 Å². The van der Waals surface area contributed by atoms with E-state index in [4.69, 9.17) is 5.26 Å². The van der Waals surface area contributed by atoms with Gasteiger partial charge in [-0.05, 0) is 13.8 Å². The Bertz CT molecular complexity index is 571. The van der Waals surface area contributed by atoms with Crippen molar-refractivity contribution in [3.63, 3.8) is 0 Å². The number of rotatable bonds is 2. The molecule has 1 aromatic carbocycles. The summed E-state index contributed by atoms with van der Waals surface area (Å²) < 4.78 is 0. The van der Waals surface area contributed by atoms with Crippen molar-refractivity contribution in [2.75, 3.05) is 0 Å². The van der Waals surface area contributed by atoms with Crippen LogP contribution >= 0.6 is 0 Å². The molecule has 2 rings (SSSR count). The average molecular weight is 257 g/mol. The molecule has 19 heavy (non-hydrogen) atoms. The van der Waals surface area contributed by atoms with Gasteiger partial charge in [-0.15, -0.1) is 0 Å². The minimum atomic E-state index is -1.48. The Hall–Kier alpha value is -2.19. The van der Waals surface area contributed by atoms with Crippen molar-refractivity contribution >= 4 is 11.6 Å². The van der Waals surface area contributed by atoms with E-state index in [1.807, 2.05) is 19.1 Å². The largest absolute Gasteiger partial charge is 0.365 e. The highest BCUT2D eigenvalue weighted by Gasteiger charge is 2.44. The van der Waals surface area contributed by atoms with Crippen LogP contribution in [0.25, 0.3) is 0 Å². The second kappa shape index (κ2) is 4.82. The van der Waals surface area contributed by atoms with E-state index in [1.54, 1.807) is 25.1 Å². The fraction of sp³-hybridized carbons (Fsp3) is 0.357. The van der Waals surface area contributed by atoms with E-state index in [0.717, 1.165) is 10.6 Å². The lowest BCUT2D eigenvalue weighted by Gasteiger charge is -2.31. The molecule has 5 nitrogen and oxygen atoms in total. The molecular formula is C14H15N3O2. The van der Waals surface area contributed by atoms with E-state index in [-0.39, 0.29) is 12.8 Å². The molecule has 0 saturated heterocycles. The van der Waals surface area contributed by atoms with Crippen LogP contribution in [0.15, 0.2) is 29.4 Å². The zero-order valence-corrected chi connectivity index (χ0v) is 10.9. The van der Waals surface area contributed by atoms with Gasteiger partial charge in [-0.3, -0.25) is 4.79 Å². The molecule has 5 heteroatoms. The van der Waals surface area contributed by atoms with E-state index in [1.165, 1.54) is 0 Å². The number of hydrazone groups is 1. The minimum Gasteiger partial charge on any atom is -0.365 e. The van der Waals surface area contributed by atoms with E-state index >= 15 is 0 Å². The molecule has 0 aliphatic carbocycles. The first-order valence-electron chi connectivity index (χ1n) is 6.01. The Morgan fingerprint density at radius 1 is 1.47 bits per heavy atom. The maximum atomic E-state index is 11.9. The fourth-order valence-electron chi connectivity index (χ4n) is 2.17. The molecule has 0 fully saturated rings. The molecule has 0 spiro atoms. The van der Waals surface area contributed by atoms with Gasteiger partial charge in [0.25, 0.3) is 5.91 Å². The van der Waals surface area contributed by atoms with Gasteiger partial charge in [0.2, 0.25) is 0 Å². The van der Waals surface area contributed by atoms with Gasteiger partial charge >= 0.3 is 0 Å². The van der Waals surface area contributed by atoms with Crippen LogP contribution in [0.5, 0.6) is 0 Å². The Labute approximate surface area is 111 Å². The second-order valence-electron chi connectivity index (χ2n) is 4.74. The number of aryl methyl sites for hydroxylation is 1. The van der Waals surface area contributed by atoms with Gasteiger partial charge in [0, 0.05) is 17.7 Å². The summed E-state index contributed by atoms with van der Waals surface area (Å²) in [4.78, 5) is 11.9. The summed E-state index contributed by atoms with van der Waals surface area (Å²) in [7, 11) is 0. The maximum absolute atomic E-state index is 11.9. The fourth-order valence-corrected chi connectivity index (χ4v) is 2.17. The molecule has 98 valence electrons. The highest BCUT2D eigenvalue weighted by Crippen LogP contribution is 2.35. The summed E-state index contributed by atoms with van der Waals surface area (Å²) in [6.45, 7) is 3.70. The molecule has 1 N–H and O–H groups in total. The highest BCUT2D eigenvalue weighted by molar-refractivity contribution is 5.89. The molecule has 0 bridgehead atoms. The van der Waals surface area contributed by atoms with E-state index in [2.05, 4.69) is 5.10 Å². The number of amides is 1. The van der Waals surface area contributed by atoms with Crippen molar-refractivity contribution < 1.29 is 9.90 Å². The summed E-state index contributed by atoms with van der Waals surface area (Å²) in [5.74, 6) is -0.498. The van der Waals surface area contributed by atoms with Crippen LogP contribution < -0.4 is 0 Å². The monoisotopic (exact) mass is 257 g/mol. The summed E-state index contributed by atoms with van der Waals surface area (Å²) in [5, 5.41) is 24.5. The van der Waals surface area contributed by atoms with Crippen LogP contribution in [0.4, 0.5) is 0 Å². The summed E-state index contributed by atoms with van der Waals surface area (Å²) >= 11 is 0. The van der Waals surface area contributed by atoms with Crippen molar-refractivity contribution in [2.24, 2.45) is 5.10 Å². The predicted octanol–water partition coefficient (Wildman–Crippen LogP) is 1.66. The van der Waals surface area contributed by atoms with Gasteiger partial charge in [-0.2, -0.15) is 15.4 Å². The van der Waals surface area contributed by atoms with Gasteiger partial charge < -0.3 is 5.11 Å². The van der Waals surface area contributed by atoms with Crippen molar-refractivity contribution in [2.45, 2.75) is 32.4 Å². The lowest BCUT2D eigenvalue weighted by molar-refractivity contribution is -0.156. The molecule has 1 aliphatic heterocycles. The third-order valence-corrected chi connectivity index (χ3v) is 3.10. The SMILES string of the molecule is CC1=NN(C(=O)CC#N)[C@@](O)(c2ccc(C)cc2)C1. The van der Waals surface area contributed by atoms with Crippen molar-refractivity contribution in [1.82, 2.24) is 5.01 Å². The Balaban J connectivity index is 2.39. The number of carbonyl (C=O) groups excluding carboxylic acids is 1. The van der Waals surface area contributed by atoms with Gasteiger partial charge in [-0.1, -0.05) is 29.8 Å². The topological polar surface area (TPSA) is 76.7 Å². The molecule has 1 aromatic rings. The lowest BCUT2D eigenvalue weighted by atomic mass is 9.96. The first-order chi connectivity index (χ1) is 8.97. The molecule has 0 unspecified atom stereocenters. The third kappa shape index (κ3) is 2.35. The molecule has 1 atom stereocenters. The van der Waals surface area contributed by atoms with Gasteiger partial charge in [0.05, 0.1) is 6.07 Å². The van der Waals surface area contributed by atoms with Crippen LogP contribution in [0.2, 0.25) is 0 Å². The Kier molecular flexibility index (Phi) is 3.36. The van der Waals surface area contributed by atoms with Crippen LogP contribution in [-0.4, -0.2) is 21.7 Å². The molecule has 1 aliphatic rings. The molecule has 1 heterocycles. The smallest absolute Gasteiger partial charge is 0.259 e. The summed E-state index contributed by atoms with van der Waals surface area (Å²) in [5.41, 5.74) is 0.850. The van der Waals surface area contributed by atoms with Crippen molar-refractivity contribution in [1.29, 1.82) is 5.26 Å². The summed E-state index contributed by atoms with van der Waals surface area (Å²) in [6.07, 6.45) is -0.0435. The number of hydrogen-bond acceptors (Lipinski definition) is 4. The Morgan fingerprint density at radius 2 is 2.11 bits per heavy atom. The number of hydrogen-bond donors (Lipinski definition) is 1. The van der Waals surface area contributed by atoms with Crippen molar-refractivity contribution in [3.8, 4) is 6.07 Å². The van der Waals surface area contributed by atoms with E-state index in [9.17, 15) is 9.90 Å². The quantitative estimate of drug-likeness (QED) is 0.875. The van der Waals surface area contributed by atoms with Crippen LogP contribution in [0, 0.1) is 18.3 Å². The molecule has 0 radical (unpaired) electrons. The number of benzene rings is 1. The zero-order chi connectivity index (χ0) is 14.0. The molecular weight excluding hydrogens is 242 g/mol. The minimum absolute atomic E-state index is 0.257. The summed E-state index contributed by atoms with van der Waals surface area (Å²) in [6, 6.07) is 9.07. The number of aliphatic hydroxyl groups is 1. The van der Waals surface area contributed by atoms with Crippen LogP contribution in [0.1, 0.15) is 30.9 Å². The van der Waals surface area contributed by atoms with E-state index in [0.29, 0.717) is 11.3 Å². The second-order valence-corrected chi connectivity index (χ2v) is 4.74. The lowest BCUT2D eigenvalue weighted by Crippen LogP contribution is -2.43. The van der Waals surface area contributed by atoms with Gasteiger partial charge in [0.1, 0.15) is 6.42 Å². The predicted molar refractivity (Wildman–Crippen MR) is 69.9 cm³/mol. The van der Waals surface area contributed by atoms with Crippen molar-refractivity contribution in [3.05, 3.63) is 35.4 Å². The molecule has 0 saturated carbocycles. The normalized spacial score (nSPS) is 22.0. The van der Waals surface area contributed by atoms with Crippen LogP contribution in [0.3, 0.4) is 0 Å². The average Bonchev–Trinajstić information content (AvgIpc) is 2.67. The van der Waals surface area contributed by atoms with Gasteiger partial charge in [-0.25, -0.2) is 0 Å². The number of carbonyl (C=O) groups is 1. The highest BCUT2D eigenvalue weighted by atomic mass is 16.3. The first kappa shape index (κ1) is 13.2. The maximum Gasteiger partial charge on any atom is 0.259 e. The zero-order valence-electron chi connectivity index (χ0n) is 10.9. The number of nitriles is 1. The van der Waals surface area contributed by atoms with Crippen LogP contribution in [-0.2, 0) is 10.5 Å². The molecule has 1 amide bonds. The first-order valence-corrected chi connectivity index (χ1v) is 6.01.